The Bertz CT molecular complexity index is 759. The lowest BCUT2D eigenvalue weighted by molar-refractivity contribution is -0.130. The van der Waals surface area contributed by atoms with Crippen molar-refractivity contribution in [2.75, 3.05) is 5.75 Å². The molecule has 25 heavy (non-hydrogen) atoms. The molecule has 2 aromatic carbocycles. The summed E-state index contributed by atoms with van der Waals surface area (Å²) in [5.41, 5.74) is -1.15. The number of carbonyl (C=O) groups excluding carboxylic acids is 1. The van der Waals surface area contributed by atoms with E-state index in [1.54, 1.807) is 64.1 Å². The van der Waals surface area contributed by atoms with Crippen molar-refractivity contribution in [3.63, 3.8) is 0 Å². The SMILES string of the molecule is CC(C)(CSc1ccccc1F)C(=O)NC(C)(C)c1ccccc1F. The highest BCUT2D eigenvalue weighted by molar-refractivity contribution is 7.99. The van der Waals surface area contributed by atoms with E-state index < -0.39 is 11.0 Å². The van der Waals surface area contributed by atoms with Gasteiger partial charge >= 0.3 is 0 Å². The second kappa shape index (κ2) is 7.56. The van der Waals surface area contributed by atoms with Gasteiger partial charge in [0.1, 0.15) is 11.6 Å². The summed E-state index contributed by atoms with van der Waals surface area (Å²) in [5.74, 6) is -0.445. The Kier molecular flexibility index (Phi) is 5.88. The maximum Gasteiger partial charge on any atom is 0.227 e. The van der Waals surface area contributed by atoms with Crippen LogP contribution in [0.3, 0.4) is 0 Å². The molecule has 0 heterocycles. The molecular weight excluding hydrogens is 340 g/mol. The lowest BCUT2D eigenvalue weighted by Crippen LogP contribution is -2.48. The number of carbonyl (C=O) groups is 1. The lowest BCUT2D eigenvalue weighted by Gasteiger charge is -2.32. The van der Waals surface area contributed by atoms with Gasteiger partial charge < -0.3 is 5.32 Å². The van der Waals surface area contributed by atoms with Crippen LogP contribution in [0, 0.1) is 17.0 Å². The van der Waals surface area contributed by atoms with Crippen molar-refractivity contribution in [1.82, 2.24) is 5.32 Å². The molecule has 0 aliphatic heterocycles. The molecule has 2 nitrogen and oxygen atoms in total. The highest BCUT2D eigenvalue weighted by Crippen LogP contribution is 2.31. The fourth-order valence-corrected chi connectivity index (χ4v) is 3.40. The van der Waals surface area contributed by atoms with E-state index in [0.29, 0.717) is 16.2 Å². The third kappa shape index (κ3) is 4.82. The van der Waals surface area contributed by atoms with E-state index in [0.717, 1.165) is 0 Å². The Morgan fingerprint density at radius 3 is 2.12 bits per heavy atom. The third-order valence-electron chi connectivity index (χ3n) is 4.01. The van der Waals surface area contributed by atoms with E-state index in [1.807, 2.05) is 0 Å². The molecule has 134 valence electrons. The predicted molar refractivity (Wildman–Crippen MR) is 98.5 cm³/mol. The summed E-state index contributed by atoms with van der Waals surface area (Å²) < 4.78 is 27.8. The van der Waals surface area contributed by atoms with E-state index in [9.17, 15) is 13.6 Å². The maximum absolute atomic E-state index is 14.0. The van der Waals surface area contributed by atoms with Gasteiger partial charge in [0, 0.05) is 16.2 Å². The number of hydrogen-bond donors (Lipinski definition) is 1. The fraction of sp³-hybridized carbons (Fsp3) is 0.350. The van der Waals surface area contributed by atoms with Crippen molar-refractivity contribution in [1.29, 1.82) is 0 Å². The van der Waals surface area contributed by atoms with Gasteiger partial charge in [-0.05, 0) is 32.0 Å². The van der Waals surface area contributed by atoms with Crippen molar-refractivity contribution in [2.45, 2.75) is 38.1 Å². The summed E-state index contributed by atoms with van der Waals surface area (Å²) in [7, 11) is 0. The van der Waals surface area contributed by atoms with Crippen LogP contribution >= 0.6 is 11.8 Å². The Hall–Kier alpha value is -1.88. The Labute approximate surface area is 152 Å². The molecule has 0 saturated heterocycles. The van der Waals surface area contributed by atoms with Gasteiger partial charge in [0.15, 0.2) is 0 Å². The van der Waals surface area contributed by atoms with Crippen molar-refractivity contribution in [2.24, 2.45) is 5.41 Å². The van der Waals surface area contributed by atoms with Gasteiger partial charge in [0.25, 0.3) is 0 Å². The molecule has 2 aromatic rings. The average Bonchev–Trinajstić information content (AvgIpc) is 2.54. The predicted octanol–water partition coefficient (Wildman–Crippen LogP) is 5.13. The Morgan fingerprint density at radius 2 is 1.52 bits per heavy atom. The summed E-state index contributed by atoms with van der Waals surface area (Å²) in [6.07, 6.45) is 0. The van der Waals surface area contributed by atoms with Crippen LogP contribution in [0.5, 0.6) is 0 Å². The van der Waals surface area contributed by atoms with Crippen LogP contribution in [0.2, 0.25) is 0 Å². The number of halogens is 2. The third-order valence-corrected chi connectivity index (χ3v) is 5.52. The van der Waals surface area contributed by atoms with Gasteiger partial charge in [0.2, 0.25) is 5.91 Å². The van der Waals surface area contributed by atoms with Gasteiger partial charge in [-0.1, -0.05) is 44.2 Å². The normalized spacial score (nSPS) is 12.1. The zero-order valence-corrected chi connectivity index (χ0v) is 15.7. The molecule has 0 atom stereocenters. The molecule has 0 bridgehead atoms. The maximum atomic E-state index is 14.0. The number of hydrogen-bond acceptors (Lipinski definition) is 2. The second-order valence-corrected chi connectivity index (χ2v) is 8.18. The molecular formula is C20H23F2NOS. The van der Waals surface area contributed by atoms with Crippen LogP contribution < -0.4 is 5.32 Å². The number of amides is 1. The number of thioether (sulfide) groups is 1. The zero-order chi connectivity index (χ0) is 18.7. The highest BCUT2D eigenvalue weighted by atomic mass is 32.2. The number of benzene rings is 2. The smallest absolute Gasteiger partial charge is 0.227 e. The fourth-order valence-electron chi connectivity index (χ4n) is 2.37. The molecule has 0 saturated carbocycles. The molecule has 2 rings (SSSR count). The van der Waals surface area contributed by atoms with Crippen LogP contribution in [-0.4, -0.2) is 11.7 Å². The summed E-state index contributed by atoms with van der Waals surface area (Å²) in [6.45, 7) is 7.13. The molecule has 0 radical (unpaired) electrons. The van der Waals surface area contributed by atoms with Gasteiger partial charge in [0.05, 0.1) is 11.0 Å². The van der Waals surface area contributed by atoms with Crippen LogP contribution in [-0.2, 0) is 10.3 Å². The van der Waals surface area contributed by atoms with E-state index >= 15 is 0 Å². The summed E-state index contributed by atoms with van der Waals surface area (Å²) >= 11 is 1.30. The minimum Gasteiger partial charge on any atom is -0.347 e. The van der Waals surface area contributed by atoms with Gasteiger partial charge in [-0.15, -0.1) is 11.8 Å². The van der Waals surface area contributed by atoms with E-state index in [1.165, 1.54) is 23.9 Å². The minimum atomic E-state index is -0.845. The first-order chi connectivity index (χ1) is 11.6. The molecule has 0 spiro atoms. The first-order valence-corrected chi connectivity index (χ1v) is 9.07. The molecule has 0 aliphatic carbocycles. The lowest BCUT2D eigenvalue weighted by atomic mass is 9.89. The molecule has 1 N–H and O–H groups in total. The van der Waals surface area contributed by atoms with Gasteiger partial charge in [-0.3, -0.25) is 4.79 Å². The topological polar surface area (TPSA) is 29.1 Å². The zero-order valence-electron chi connectivity index (χ0n) is 14.9. The number of rotatable bonds is 6. The summed E-state index contributed by atoms with van der Waals surface area (Å²) in [4.78, 5) is 13.2. The van der Waals surface area contributed by atoms with E-state index in [4.69, 9.17) is 0 Å². The van der Waals surface area contributed by atoms with Crippen LogP contribution in [0.4, 0.5) is 8.78 Å². The van der Waals surface area contributed by atoms with Gasteiger partial charge in [-0.2, -0.15) is 0 Å². The first-order valence-electron chi connectivity index (χ1n) is 8.08. The van der Waals surface area contributed by atoms with Crippen molar-refractivity contribution in [3.8, 4) is 0 Å². The standard InChI is InChI=1S/C20H23F2NOS/c1-19(2,13-25-17-12-8-7-11-16(17)22)18(24)23-20(3,4)14-9-5-6-10-15(14)21/h5-12H,13H2,1-4H3,(H,23,24). The molecule has 0 unspecified atom stereocenters. The Balaban J connectivity index is 2.08. The van der Waals surface area contributed by atoms with E-state index in [-0.39, 0.29) is 17.5 Å². The molecule has 0 fully saturated rings. The van der Waals surface area contributed by atoms with Crippen molar-refractivity contribution >= 4 is 17.7 Å². The summed E-state index contributed by atoms with van der Waals surface area (Å²) in [5, 5.41) is 2.92. The van der Waals surface area contributed by atoms with Crippen molar-refractivity contribution < 1.29 is 13.6 Å². The Morgan fingerprint density at radius 1 is 0.960 bits per heavy atom. The van der Waals surface area contributed by atoms with Crippen LogP contribution in [0.1, 0.15) is 33.3 Å². The van der Waals surface area contributed by atoms with Crippen LogP contribution in [0.15, 0.2) is 53.4 Å². The highest BCUT2D eigenvalue weighted by Gasteiger charge is 2.34. The molecule has 5 heteroatoms. The molecule has 0 aromatic heterocycles. The summed E-state index contributed by atoms with van der Waals surface area (Å²) in [6, 6.07) is 12.9. The quantitative estimate of drug-likeness (QED) is 0.721. The average molecular weight is 363 g/mol. The molecule has 0 aliphatic rings. The second-order valence-electron chi connectivity index (χ2n) is 7.16. The first kappa shape index (κ1) is 19.4. The largest absolute Gasteiger partial charge is 0.347 e. The van der Waals surface area contributed by atoms with Gasteiger partial charge in [-0.25, -0.2) is 8.78 Å². The van der Waals surface area contributed by atoms with Crippen molar-refractivity contribution in [3.05, 3.63) is 65.7 Å². The monoisotopic (exact) mass is 363 g/mol. The van der Waals surface area contributed by atoms with E-state index in [2.05, 4.69) is 5.32 Å². The van der Waals surface area contributed by atoms with Crippen LogP contribution in [0.25, 0.3) is 0 Å². The number of nitrogens with one attached hydrogen (secondary N) is 1. The molecule has 1 amide bonds. The minimum absolute atomic E-state index is 0.204.